The van der Waals surface area contributed by atoms with Gasteiger partial charge in [0.25, 0.3) is 0 Å². The molecule has 1 aliphatic rings. The third kappa shape index (κ3) is 2.14. The molecule has 2 nitrogen and oxygen atoms in total. The Bertz CT molecular complexity index is 308. The first kappa shape index (κ1) is 8.85. The number of rotatable bonds is 3. The molecule has 3 heteroatoms. The first-order chi connectivity index (χ1) is 6.29. The molecule has 0 heterocycles. The molecule has 1 fully saturated rings. The zero-order valence-electron chi connectivity index (χ0n) is 7.16. The minimum Gasteiger partial charge on any atom is -0.489 e. The molecule has 1 aromatic carbocycles. The van der Waals surface area contributed by atoms with Crippen LogP contribution < -0.4 is 4.74 Å². The molecule has 1 aliphatic carbocycles. The maximum atomic E-state index is 8.85. The van der Waals surface area contributed by atoms with E-state index < -0.39 is 0 Å². The van der Waals surface area contributed by atoms with Gasteiger partial charge in [-0.2, -0.15) is 0 Å². The summed E-state index contributed by atoms with van der Waals surface area (Å²) in [6.07, 6.45) is 2.60. The first-order valence-corrected chi connectivity index (χ1v) is 4.73. The Morgan fingerprint density at radius 3 is 2.77 bits per heavy atom. The van der Waals surface area contributed by atoms with Crippen LogP contribution in [0.2, 0.25) is 5.02 Å². The molecule has 1 aromatic rings. The number of ether oxygens (including phenoxy) is 1. The van der Waals surface area contributed by atoms with Crippen molar-refractivity contribution in [1.82, 2.24) is 0 Å². The molecule has 1 saturated carbocycles. The van der Waals surface area contributed by atoms with Crippen molar-refractivity contribution in [2.75, 3.05) is 0 Å². The van der Waals surface area contributed by atoms with Crippen LogP contribution in [-0.2, 0) is 6.61 Å². The molecule has 0 radical (unpaired) electrons. The second-order valence-corrected chi connectivity index (χ2v) is 3.65. The average molecular weight is 199 g/mol. The van der Waals surface area contributed by atoms with Crippen molar-refractivity contribution >= 4 is 11.6 Å². The SMILES string of the molecule is OCc1ccc(OC2CC2)c(Cl)c1. The van der Waals surface area contributed by atoms with Gasteiger partial charge in [0.15, 0.2) is 0 Å². The first-order valence-electron chi connectivity index (χ1n) is 4.35. The Morgan fingerprint density at radius 2 is 2.23 bits per heavy atom. The zero-order valence-corrected chi connectivity index (χ0v) is 7.92. The summed E-state index contributed by atoms with van der Waals surface area (Å²) in [5, 5.41) is 9.43. The molecule has 0 spiro atoms. The maximum Gasteiger partial charge on any atom is 0.138 e. The lowest BCUT2D eigenvalue weighted by Crippen LogP contribution is -1.96. The van der Waals surface area contributed by atoms with Gasteiger partial charge >= 0.3 is 0 Å². The van der Waals surface area contributed by atoms with Gasteiger partial charge in [-0.3, -0.25) is 0 Å². The van der Waals surface area contributed by atoms with Crippen LogP contribution in [0.5, 0.6) is 5.75 Å². The Balaban J connectivity index is 2.15. The summed E-state index contributed by atoms with van der Waals surface area (Å²) in [4.78, 5) is 0. The number of aliphatic hydroxyl groups excluding tert-OH is 1. The zero-order chi connectivity index (χ0) is 9.26. The van der Waals surface area contributed by atoms with Gasteiger partial charge in [0, 0.05) is 0 Å². The molecular formula is C10H11ClO2. The van der Waals surface area contributed by atoms with Crippen LogP contribution in [-0.4, -0.2) is 11.2 Å². The van der Waals surface area contributed by atoms with E-state index in [1.807, 2.05) is 12.1 Å². The predicted octanol–water partition coefficient (Wildman–Crippen LogP) is 2.37. The molecule has 0 unspecified atom stereocenters. The van der Waals surface area contributed by atoms with Crippen molar-refractivity contribution in [3.05, 3.63) is 28.8 Å². The summed E-state index contributed by atoms with van der Waals surface area (Å²) < 4.78 is 5.54. The van der Waals surface area contributed by atoms with Gasteiger partial charge < -0.3 is 9.84 Å². The van der Waals surface area contributed by atoms with Crippen LogP contribution in [0.3, 0.4) is 0 Å². The molecule has 0 saturated heterocycles. The van der Waals surface area contributed by atoms with Gasteiger partial charge in [-0.25, -0.2) is 0 Å². The van der Waals surface area contributed by atoms with E-state index in [2.05, 4.69) is 0 Å². The monoisotopic (exact) mass is 198 g/mol. The van der Waals surface area contributed by atoms with E-state index in [9.17, 15) is 0 Å². The van der Waals surface area contributed by atoms with Crippen LogP contribution in [0, 0.1) is 0 Å². The fraction of sp³-hybridized carbons (Fsp3) is 0.400. The highest BCUT2D eigenvalue weighted by Crippen LogP contribution is 2.32. The third-order valence-electron chi connectivity index (χ3n) is 2.00. The highest BCUT2D eigenvalue weighted by Gasteiger charge is 2.24. The molecular weight excluding hydrogens is 188 g/mol. The molecule has 0 bridgehead atoms. The normalized spacial score (nSPS) is 15.8. The second kappa shape index (κ2) is 3.56. The summed E-state index contributed by atoms with van der Waals surface area (Å²) in [5.74, 6) is 0.723. The Hall–Kier alpha value is -0.730. The second-order valence-electron chi connectivity index (χ2n) is 3.24. The quantitative estimate of drug-likeness (QED) is 0.808. The summed E-state index contributed by atoms with van der Waals surface area (Å²) >= 11 is 5.94. The molecule has 70 valence electrons. The van der Waals surface area contributed by atoms with Gasteiger partial charge in [0.05, 0.1) is 17.7 Å². The Morgan fingerprint density at radius 1 is 1.46 bits per heavy atom. The minimum absolute atomic E-state index is 0.0173. The lowest BCUT2D eigenvalue weighted by atomic mass is 10.2. The van der Waals surface area contributed by atoms with Crippen molar-refractivity contribution in [2.24, 2.45) is 0 Å². The number of hydrogen-bond acceptors (Lipinski definition) is 2. The van der Waals surface area contributed by atoms with Crippen LogP contribution in [0.25, 0.3) is 0 Å². The lowest BCUT2D eigenvalue weighted by molar-refractivity contribution is 0.280. The molecule has 0 aromatic heterocycles. The van der Waals surface area contributed by atoms with E-state index in [4.69, 9.17) is 21.4 Å². The van der Waals surface area contributed by atoms with Crippen molar-refractivity contribution in [3.63, 3.8) is 0 Å². The van der Waals surface area contributed by atoms with Crippen molar-refractivity contribution in [2.45, 2.75) is 25.6 Å². The van der Waals surface area contributed by atoms with Gasteiger partial charge in [0.2, 0.25) is 0 Å². The number of benzene rings is 1. The molecule has 0 atom stereocenters. The van der Waals surface area contributed by atoms with Gasteiger partial charge in [0.1, 0.15) is 5.75 Å². The van der Waals surface area contributed by atoms with E-state index in [1.54, 1.807) is 6.07 Å². The fourth-order valence-electron chi connectivity index (χ4n) is 1.10. The molecule has 0 aliphatic heterocycles. The van der Waals surface area contributed by atoms with Gasteiger partial charge in [-0.05, 0) is 30.5 Å². The molecule has 2 rings (SSSR count). The summed E-state index contributed by atoms with van der Waals surface area (Å²) in [6.45, 7) is 0.0173. The standard InChI is InChI=1S/C10H11ClO2/c11-9-5-7(6-12)1-4-10(9)13-8-2-3-8/h1,4-5,8,12H,2-3,6H2. The number of hydrogen-bond donors (Lipinski definition) is 1. The van der Waals surface area contributed by atoms with E-state index in [0.717, 1.165) is 24.2 Å². The maximum absolute atomic E-state index is 8.85. The van der Waals surface area contributed by atoms with Crippen LogP contribution >= 0.6 is 11.6 Å². The minimum atomic E-state index is 0.0173. The summed E-state index contributed by atoms with van der Waals surface area (Å²) in [7, 11) is 0. The van der Waals surface area contributed by atoms with E-state index >= 15 is 0 Å². The summed E-state index contributed by atoms with van der Waals surface area (Å²) in [5.41, 5.74) is 0.813. The molecule has 13 heavy (non-hydrogen) atoms. The van der Waals surface area contributed by atoms with Crippen molar-refractivity contribution in [1.29, 1.82) is 0 Å². The fourth-order valence-corrected chi connectivity index (χ4v) is 1.35. The summed E-state index contributed by atoms with van der Waals surface area (Å²) in [6, 6.07) is 5.37. The van der Waals surface area contributed by atoms with E-state index in [-0.39, 0.29) is 6.61 Å². The topological polar surface area (TPSA) is 29.5 Å². The Kier molecular flexibility index (Phi) is 2.42. The van der Waals surface area contributed by atoms with Gasteiger partial charge in [-0.15, -0.1) is 0 Å². The smallest absolute Gasteiger partial charge is 0.138 e. The van der Waals surface area contributed by atoms with Crippen LogP contribution in [0.15, 0.2) is 18.2 Å². The molecule has 0 amide bonds. The highest BCUT2D eigenvalue weighted by molar-refractivity contribution is 6.32. The average Bonchev–Trinajstić information content (AvgIpc) is 2.92. The Labute approximate surface area is 82.1 Å². The van der Waals surface area contributed by atoms with Crippen LogP contribution in [0.1, 0.15) is 18.4 Å². The number of halogens is 1. The van der Waals surface area contributed by atoms with E-state index in [1.165, 1.54) is 0 Å². The lowest BCUT2D eigenvalue weighted by Gasteiger charge is -2.07. The van der Waals surface area contributed by atoms with Crippen LogP contribution in [0.4, 0.5) is 0 Å². The van der Waals surface area contributed by atoms with Crippen molar-refractivity contribution in [3.8, 4) is 5.75 Å². The predicted molar refractivity (Wildman–Crippen MR) is 51.0 cm³/mol. The van der Waals surface area contributed by atoms with Crippen molar-refractivity contribution < 1.29 is 9.84 Å². The number of aliphatic hydroxyl groups is 1. The van der Waals surface area contributed by atoms with E-state index in [0.29, 0.717) is 11.1 Å². The molecule has 1 N–H and O–H groups in total. The largest absolute Gasteiger partial charge is 0.489 e. The highest BCUT2D eigenvalue weighted by atomic mass is 35.5. The third-order valence-corrected chi connectivity index (χ3v) is 2.29. The van der Waals surface area contributed by atoms with Gasteiger partial charge in [-0.1, -0.05) is 17.7 Å².